The summed E-state index contributed by atoms with van der Waals surface area (Å²) < 4.78 is 7.72. The summed E-state index contributed by atoms with van der Waals surface area (Å²) in [6.45, 7) is 0. The van der Waals surface area contributed by atoms with Crippen LogP contribution in [0.15, 0.2) is 206 Å². The largest absolute Gasteiger partial charge is 0.309 e. The van der Waals surface area contributed by atoms with Crippen LogP contribution < -0.4 is 0 Å². The highest BCUT2D eigenvalue weighted by Gasteiger charge is 2.17. The van der Waals surface area contributed by atoms with Crippen molar-refractivity contribution in [1.29, 1.82) is 0 Å². The molecule has 0 aliphatic heterocycles. The van der Waals surface area contributed by atoms with E-state index in [-0.39, 0.29) is 0 Å². The van der Waals surface area contributed by atoms with E-state index >= 15 is 0 Å². The molecule has 0 atom stereocenters. The summed E-state index contributed by atoms with van der Waals surface area (Å²) in [7, 11) is 0. The first-order valence-electron chi connectivity index (χ1n) is 20.1. The molecule has 3 aromatic heterocycles. The van der Waals surface area contributed by atoms with E-state index in [1.165, 1.54) is 112 Å². The van der Waals surface area contributed by atoms with Gasteiger partial charge in [0.25, 0.3) is 0 Å². The van der Waals surface area contributed by atoms with E-state index in [1.807, 2.05) is 22.7 Å². The van der Waals surface area contributed by atoms with Gasteiger partial charge in [-0.05, 0) is 111 Å². The van der Waals surface area contributed by atoms with Gasteiger partial charge in [0.15, 0.2) is 0 Å². The zero-order valence-electron chi connectivity index (χ0n) is 32.0. The number of benzene rings is 9. The number of rotatable bonds is 6. The number of fused-ring (bicyclic) bond motifs is 9. The van der Waals surface area contributed by atoms with Gasteiger partial charge in [-0.25, -0.2) is 0 Å². The van der Waals surface area contributed by atoms with Crippen molar-refractivity contribution in [1.82, 2.24) is 4.57 Å². The third-order valence-corrected chi connectivity index (χ3v) is 14.1. The zero-order chi connectivity index (χ0) is 38.9. The van der Waals surface area contributed by atoms with E-state index in [9.17, 15) is 0 Å². The molecule has 3 heterocycles. The van der Waals surface area contributed by atoms with Gasteiger partial charge < -0.3 is 4.57 Å². The van der Waals surface area contributed by atoms with Crippen molar-refractivity contribution >= 4 is 96.5 Å². The molecule has 0 bridgehead atoms. The first-order valence-corrected chi connectivity index (χ1v) is 21.7. The molecule has 0 N–H and O–H groups in total. The lowest BCUT2D eigenvalue weighted by atomic mass is 9.88. The quantitative estimate of drug-likeness (QED) is 0.148. The van der Waals surface area contributed by atoms with Gasteiger partial charge in [-0.3, -0.25) is 0 Å². The van der Waals surface area contributed by atoms with Crippen LogP contribution in [0.25, 0.3) is 102 Å². The summed E-state index contributed by atoms with van der Waals surface area (Å²) in [4.78, 5) is 0. The molecule has 0 spiro atoms. The molecule has 0 saturated carbocycles. The van der Waals surface area contributed by atoms with Crippen LogP contribution in [-0.4, -0.2) is 4.57 Å². The van der Waals surface area contributed by atoms with Gasteiger partial charge in [0.2, 0.25) is 0 Å². The van der Waals surface area contributed by atoms with Crippen molar-refractivity contribution < 1.29 is 0 Å². The lowest BCUT2D eigenvalue weighted by molar-refractivity contribution is 1.19. The van der Waals surface area contributed by atoms with E-state index in [4.69, 9.17) is 0 Å². The van der Waals surface area contributed by atoms with Crippen LogP contribution in [-0.2, 0) is 0 Å². The van der Waals surface area contributed by atoms with Crippen molar-refractivity contribution in [3.8, 4) is 27.9 Å². The Morgan fingerprint density at radius 1 is 0.373 bits per heavy atom. The molecule has 12 aromatic rings. The Bertz CT molecular complexity index is 3620. The Balaban J connectivity index is 1.01. The number of hydrogen-bond donors (Lipinski definition) is 0. The van der Waals surface area contributed by atoms with Crippen LogP contribution in [0.5, 0.6) is 0 Å². The molecule has 9 aromatic carbocycles. The maximum Gasteiger partial charge on any atom is 0.0547 e. The predicted molar refractivity (Wildman–Crippen MR) is 257 cm³/mol. The van der Waals surface area contributed by atoms with Gasteiger partial charge in [0.05, 0.1) is 11.0 Å². The highest BCUT2D eigenvalue weighted by molar-refractivity contribution is 7.26. The van der Waals surface area contributed by atoms with Crippen LogP contribution in [0.4, 0.5) is 0 Å². The van der Waals surface area contributed by atoms with Crippen LogP contribution in [0.1, 0.15) is 16.7 Å². The molecular formula is C56H35NS2. The fourth-order valence-electron chi connectivity index (χ4n) is 9.04. The van der Waals surface area contributed by atoms with Crippen LogP contribution in [0.2, 0.25) is 0 Å². The van der Waals surface area contributed by atoms with Crippen LogP contribution in [0, 0.1) is 0 Å². The zero-order valence-corrected chi connectivity index (χ0v) is 33.6. The van der Waals surface area contributed by atoms with Crippen LogP contribution in [0.3, 0.4) is 0 Å². The molecule has 0 unspecified atom stereocenters. The molecule has 0 saturated heterocycles. The highest BCUT2D eigenvalue weighted by atomic mass is 32.1. The minimum absolute atomic E-state index is 1.18. The minimum atomic E-state index is 1.18. The third kappa shape index (κ3) is 5.73. The minimum Gasteiger partial charge on any atom is -0.309 e. The first kappa shape index (κ1) is 34.0. The van der Waals surface area contributed by atoms with Gasteiger partial charge in [-0.2, -0.15) is 0 Å². The number of nitrogens with zero attached hydrogens (tertiary/aromatic N) is 1. The van der Waals surface area contributed by atoms with Crippen molar-refractivity contribution in [3.05, 3.63) is 223 Å². The van der Waals surface area contributed by atoms with Crippen molar-refractivity contribution in [2.24, 2.45) is 0 Å². The molecule has 59 heavy (non-hydrogen) atoms. The average molecular weight is 786 g/mol. The normalized spacial score (nSPS) is 12.2. The Hall–Kier alpha value is -7.04. The van der Waals surface area contributed by atoms with E-state index in [2.05, 4.69) is 217 Å². The number of aromatic nitrogens is 1. The predicted octanol–water partition coefficient (Wildman–Crippen LogP) is 16.4. The molecule has 0 fully saturated rings. The second-order valence-electron chi connectivity index (χ2n) is 15.3. The third-order valence-electron chi connectivity index (χ3n) is 11.8. The molecule has 0 radical (unpaired) electrons. The van der Waals surface area contributed by atoms with Crippen LogP contribution >= 0.6 is 22.7 Å². The number of thiophene rings is 2. The first-order chi connectivity index (χ1) is 29.2. The summed E-state index contributed by atoms with van der Waals surface area (Å²) in [6, 6.07) is 75.9. The number of para-hydroxylation sites is 1. The van der Waals surface area contributed by atoms with E-state index in [0.717, 1.165) is 0 Å². The molecule has 12 rings (SSSR count). The standard InChI is InChI=1S/C56H35NS2/c1-2-13-36(14-3-1)31-48(40-26-29-55-49(33-40)46-20-7-10-23-53(46)58-55)43-18-5-4-17-42(43)39-16-12-15-37(32-39)38-25-28-45-44-19-6-9-22-51(44)57(52(45)34-38)41-27-30-56-50(35-41)47-21-8-11-24-54(47)59-56/h1-35H. The fourth-order valence-corrected chi connectivity index (χ4v) is 11.2. The average Bonchev–Trinajstić information content (AvgIpc) is 3.97. The van der Waals surface area contributed by atoms with E-state index < -0.39 is 0 Å². The Kier molecular flexibility index (Phi) is 7.97. The second kappa shape index (κ2) is 13.8. The Labute approximate surface area is 350 Å². The highest BCUT2D eigenvalue weighted by Crippen LogP contribution is 2.42. The molecule has 276 valence electrons. The van der Waals surface area contributed by atoms with Crippen molar-refractivity contribution in [2.45, 2.75) is 0 Å². The van der Waals surface area contributed by atoms with Crippen molar-refractivity contribution in [2.75, 3.05) is 0 Å². The molecule has 3 heteroatoms. The molecule has 0 aliphatic carbocycles. The van der Waals surface area contributed by atoms with Gasteiger partial charge in [-0.15, -0.1) is 22.7 Å². The summed E-state index contributed by atoms with van der Waals surface area (Å²) in [5.41, 5.74) is 13.2. The molecule has 1 nitrogen and oxygen atoms in total. The Morgan fingerprint density at radius 3 is 1.80 bits per heavy atom. The topological polar surface area (TPSA) is 4.93 Å². The lowest BCUT2D eigenvalue weighted by Gasteiger charge is -2.16. The van der Waals surface area contributed by atoms with Gasteiger partial charge >= 0.3 is 0 Å². The summed E-state index contributed by atoms with van der Waals surface area (Å²) in [5.74, 6) is 0. The SMILES string of the molecule is C(=C(c1ccc2sc3ccccc3c2c1)c1ccccc1-c1cccc(-c2ccc3c4ccccc4n(-c4ccc5sc6ccccc6c5c4)c3c2)c1)c1ccccc1. The summed E-state index contributed by atoms with van der Waals surface area (Å²) in [6.07, 6.45) is 2.35. The maximum absolute atomic E-state index is 2.45. The monoisotopic (exact) mass is 785 g/mol. The molecule has 0 amide bonds. The van der Waals surface area contributed by atoms with Gasteiger partial charge in [0, 0.05) is 56.8 Å². The lowest BCUT2D eigenvalue weighted by Crippen LogP contribution is -1.94. The number of hydrogen-bond acceptors (Lipinski definition) is 2. The van der Waals surface area contributed by atoms with Gasteiger partial charge in [0.1, 0.15) is 0 Å². The summed E-state index contributed by atoms with van der Waals surface area (Å²) >= 11 is 3.73. The fraction of sp³-hybridized carbons (Fsp3) is 0. The molecule has 0 aliphatic rings. The maximum atomic E-state index is 2.45. The summed E-state index contributed by atoms with van der Waals surface area (Å²) in [5, 5.41) is 7.76. The van der Waals surface area contributed by atoms with E-state index in [0.29, 0.717) is 0 Å². The smallest absolute Gasteiger partial charge is 0.0547 e. The Morgan fingerprint density at radius 2 is 0.983 bits per heavy atom. The van der Waals surface area contributed by atoms with Crippen molar-refractivity contribution in [3.63, 3.8) is 0 Å². The molecular weight excluding hydrogens is 751 g/mol. The second-order valence-corrected chi connectivity index (χ2v) is 17.4. The van der Waals surface area contributed by atoms with Gasteiger partial charge in [-0.1, -0.05) is 146 Å². The van der Waals surface area contributed by atoms with E-state index in [1.54, 1.807) is 0 Å².